The molecule has 3 unspecified atom stereocenters. The van der Waals surface area contributed by atoms with Gasteiger partial charge >= 0.3 is 0 Å². The number of carbonyl (C=O) groups is 1. The fraction of sp³-hybridized carbons (Fsp3) is 0.947. The van der Waals surface area contributed by atoms with E-state index in [0.717, 1.165) is 25.0 Å². The standard InChI is InChI=1S/C19H33ClO/c20-19-14-17(15-21)12-13-18(19)11-7-2-1-4-8-16-9-5-3-6-10-16/h15-19H,1-14H2. The van der Waals surface area contributed by atoms with E-state index in [2.05, 4.69) is 0 Å². The Balaban J connectivity index is 1.47. The lowest BCUT2D eigenvalue weighted by Crippen LogP contribution is -2.26. The van der Waals surface area contributed by atoms with Crippen molar-refractivity contribution in [3.05, 3.63) is 0 Å². The van der Waals surface area contributed by atoms with Gasteiger partial charge in [-0.1, -0.05) is 64.2 Å². The third-order valence-corrected chi connectivity index (χ3v) is 6.34. The Labute approximate surface area is 136 Å². The van der Waals surface area contributed by atoms with Crippen LogP contribution in [0.25, 0.3) is 0 Å². The molecule has 1 nitrogen and oxygen atoms in total. The second kappa shape index (κ2) is 9.87. The molecule has 0 aromatic rings. The number of alkyl halides is 1. The third kappa shape index (κ3) is 6.30. The van der Waals surface area contributed by atoms with Gasteiger partial charge in [0.15, 0.2) is 0 Å². The molecule has 0 radical (unpaired) electrons. The van der Waals surface area contributed by atoms with Crippen LogP contribution in [0.15, 0.2) is 0 Å². The SMILES string of the molecule is O=CC1CCC(CCCCCCC2CCCCC2)C(Cl)C1. The highest BCUT2D eigenvalue weighted by Gasteiger charge is 2.28. The van der Waals surface area contributed by atoms with Crippen LogP contribution in [-0.2, 0) is 4.79 Å². The van der Waals surface area contributed by atoms with Gasteiger partial charge in [0.1, 0.15) is 6.29 Å². The van der Waals surface area contributed by atoms with Gasteiger partial charge in [0.25, 0.3) is 0 Å². The molecule has 0 N–H and O–H groups in total. The molecule has 21 heavy (non-hydrogen) atoms. The van der Waals surface area contributed by atoms with Crippen LogP contribution in [0.5, 0.6) is 0 Å². The van der Waals surface area contributed by atoms with Gasteiger partial charge in [-0.15, -0.1) is 11.6 Å². The Morgan fingerprint density at radius 1 is 0.857 bits per heavy atom. The molecular formula is C19H33ClO. The average Bonchev–Trinajstić information content (AvgIpc) is 2.53. The van der Waals surface area contributed by atoms with Gasteiger partial charge in [-0.25, -0.2) is 0 Å². The van der Waals surface area contributed by atoms with Crippen LogP contribution in [0.1, 0.15) is 89.9 Å². The van der Waals surface area contributed by atoms with Crippen molar-refractivity contribution >= 4 is 17.9 Å². The van der Waals surface area contributed by atoms with Crippen molar-refractivity contribution in [2.24, 2.45) is 17.8 Å². The van der Waals surface area contributed by atoms with Crippen molar-refractivity contribution in [2.75, 3.05) is 0 Å². The molecule has 0 bridgehead atoms. The lowest BCUT2D eigenvalue weighted by atomic mass is 9.80. The van der Waals surface area contributed by atoms with E-state index in [9.17, 15) is 4.79 Å². The first-order valence-electron chi connectivity index (χ1n) is 9.39. The maximum atomic E-state index is 10.8. The fourth-order valence-electron chi connectivity index (χ4n) is 4.33. The summed E-state index contributed by atoms with van der Waals surface area (Å²) < 4.78 is 0. The highest BCUT2D eigenvalue weighted by atomic mass is 35.5. The van der Waals surface area contributed by atoms with Gasteiger partial charge < -0.3 is 4.79 Å². The Morgan fingerprint density at radius 2 is 1.57 bits per heavy atom. The summed E-state index contributed by atoms with van der Waals surface area (Å²) in [7, 11) is 0. The largest absolute Gasteiger partial charge is 0.303 e. The van der Waals surface area contributed by atoms with Crippen LogP contribution in [0.3, 0.4) is 0 Å². The average molecular weight is 313 g/mol. The molecule has 122 valence electrons. The third-order valence-electron chi connectivity index (χ3n) is 5.80. The van der Waals surface area contributed by atoms with Crippen LogP contribution in [0.2, 0.25) is 0 Å². The van der Waals surface area contributed by atoms with E-state index in [4.69, 9.17) is 11.6 Å². The first-order chi connectivity index (χ1) is 10.3. The molecule has 0 amide bonds. The minimum atomic E-state index is 0.235. The molecule has 2 aliphatic carbocycles. The Kier molecular flexibility index (Phi) is 8.14. The van der Waals surface area contributed by atoms with E-state index in [-0.39, 0.29) is 11.3 Å². The molecule has 2 saturated carbocycles. The van der Waals surface area contributed by atoms with Gasteiger partial charge in [-0.3, -0.25) is 0 Å². The van der Waals surface area contributed by atoms with Crippen LogP contribution < -0.4 is 0 Å². The zero-order valence-corrected chi connectivity index (χ0v) is 14.3. The van der Waals surface area contributed by atoms with Crippen molar-refractivity contribution in [3.63, 3.8) is 0 Å². The second-order valence-corrected chi connectivity index (χ2v) is 8.04. The van der Waals surface area contributed by atoms with E-state index in [1.165, 1.54) is 77.0 Å². The highest BCUT2D eigenvalue weighted by molar-refractivity contribution is 6.20. The van der Waals surface area contributed by atoms with Gasteiger partial charge in [0.05, 0.1) is 0 Å². The topological polar surface area (TPSA) is 17.1 Å². The number of hydrogen-bond donors (Lipinski definition) is 0. The van der Waals surface area contributed by atoms with Crippen molar-refractivity contribution in [1.29, 1.82) is 0 Å². The maximum absolute atomic E-state index is 10.8. The molecule has 0 aliphatic heterocycles. The highest BCUT2D eigenvalue weighted by Crippen LogP contribution is 2.35. The Hall–Kier alpha value is -0.0400. The fourth-order valence-corrected chi connectivity index (χ4v) is 4.81. The zero-order valence-electron chi connectivity index (χ0n) is 13.6. The normalized spacial score (nSPS) is 31.2. The smallest absolute Gasteiger partial charge is 0.123 e. The van der Waals surface area contributed by atoms with Gasteiger partial charge in [-0.05, 0) is 37.5 Å². The number of carbonyl (C=O) groups excluding carboxylic acids is 1. The van der Waals surface area contributed by atoms with E-state index in [1.54, 1.807) is 0 Å². The molecule has 2 heteroatoms. The van der Waals surface area contributed by atoms with Crippen molar-refractivity contribution in [3.8, 4) is 0 Å². The van der Waals surface area contributed by atoms with Gasteiger partial charge in [0, 0.05) is 11.3 Å². The maximum Gasteiger partial charge on any atom is 0.123 e. The second-order valence-electron chi connectivity index (χ2n) is 7.48. The minimum Gasteiger partial charge on any atom is -0.303 e. The number of rotatable bonds is 8. The monoisotopic (exact) mass is 312 g/mol. The molecule has 2 aliphatic rings. The van der Waals surface area contributed by atoms with E-state index < -0.39 is 0 Å². The summed E-state index contributed by atoms with van der Waals surface area (Å²) in [6.07, 6.45) is 20.0. The lowest BCUT2D eigenvalue weighted by Gasteiger charge is -2.30. The predicted octanol–water partition coefficient (Wildman–Crippen LogP) is 6.13. The van der Waals surface area contributed by atoms with Gasteiger partial charge in [-0.2, -0.15) is 0 Å². The van der Waals surface area contributed by atoms with E-state index in [1.807, 2.05) is 0 Å². The molecular weight excluding hydrogens is 280 g/mol. The quantitative estimate of drug-likeness (QED) is 0.299. The van der Waals surface area contributed by atoms with Crippen LogP contribution in [-0.4, -0.2) is 11.7 Å². The molecule has 2 fully saturated rings. The summed E-state index contributed by atoms with van der Waals surface area (Å²) in [5.41, 5.74) is 0. The van der Waals surface area contributed by atoms with E-state index >= 15 is 0 Å². The number of halogens is 1. The summed E-state index contributed by atoms with van der Waals surface area (Å²) in [6.45, 7) is 0. The number of hydrogen-bond acceptors (Lipinski definition) is 1. The summed E-state index contributed by atoms with van der Waals surface area (Å²) in [4.78, 5) is 10.8. The Bertz CT molecular complexity index is 285. The lowest BCUT2D eigenvalue weighted by molar-refractivity contribution is -0.112. The summed E-state index contributed by atoms with van der Waals surface area (Å²) in [6, 6.07) is 0. The molecule has 2 rings (SSSR count). The molecule has 0 aromatic heterocycles. The number of unbranched alkanes of at least 4 members (excludes halogenated alkanes) is 3. The Morgan fingerprint density at radius 3 is 2.24 bits per heavy atom. The molecule has 0 spiro atoms. The minimum absolute atomic E-state index is 0.235. The van der Waals surface area contributed by atoms with Crippen LogP contribution in [0.4, 0.5) is 0 Å². The van der Waals surface area contributed by atoms with E-state index in [0.29, 0.717) is 5.92 Å². The molecule has 3 atom stereocenters. The van der Waals surface area contributed by atoms with Crippen molar-refractivity contribution < 1.29 is 4.79 Å². The molecule has 0 heterocycles. The molecule has 0 saturated heterocycles. The van der Waals surface area contributed by atoms with Crippen molar-refractivity contribution in [2.45, 2.75) is 95.3 Å². The predicted molar refractivity (Wildman–Crippen MR) is 90.8 cm³/mol. The van der Waals surface area contributed by atoms with Crippen LogP contribution >= 0.6 is 11.6 Å². The summed E-state index contributed by atoms with van der Waals surface area (Å²) in [5.74, 6) is 1.95. The van der Waals surface area contributed by atoms with Gasteiger partial charge in [0.2, 0.25) is 0 Å². The van der Waals surface area contributed by atoms with Crippen molar-refractivity contribution in [1.82, 2.24) is 0 Å². The van der Waals surface area contributed by atoms with Crippen LogP contribution in [0, 0.1) is 17.8 Å². The first kappa shape index (κ1) is 17.3. The summed E-state index contributed by atoms with van der Waals surface area (Å²) in [5, 5.41) is 0.246. The molecule has 0 aromatic carbocycles. The first-order valence-corrected chi connectivity index (χ1v) is 9.82. The number of aldehydes is 1. The summed E-state index contributed by atoms with van der Waals surface area (Å²) >= 11 is 6.44. The zero-order chi connectivity index (χ0) is 14.9.